The van der Waals surface area contributed by atoms with Gasteiger partial charge < -0.3 is 25.2 Å². The Balaban J connectivity index is 2.64. The average molecular weight is 177 g/mol. The van der Waals surface area contributed by atoms with Gasteiger partial charge in [0, 0.05) is 0 Å². The van der Waals surface area contributed by atoms with Gasteiger partial charge in [0.05, 0.1) is 6.61 Å². The average Bonchev–Trinajstić information content (AvgIpc) is 2.32. The molecule has 1 saturated heterocycles. The highest BCUT2D eigenvalue weighted by atomic mass is 16.6. The maximum Gasteiger partial charge on any atom is 0.334 e. The summed E-state index contributed by atoms with van der Waals surface area (Å²) >= 11 is 0. The first-order valence-electron chi connectivity index (χ1n) is 3.41. The lowest BCUT2D eigenvalue weighted by atomic mass is 10.1. The SMILES string of the molecule is O=C1O[C@H]([C@@H](O)CO)C([O-])C1O. The Bertz CT molecular complexity index is 181. The van der Waals surface area contributed by atoms with Crippen LogP contribution in [0.3, 0.4) is 0 Å². The number of aliphatic hydroxyl groups excluding tert-OH is 3. The van der Waals surface area contributed by atoms with Gasteiger partial charge >= 0.3 is 5.97 Å². The first kappa shape index (κ1) is 9.40. The van der Waals surface area contributed by atoms with Crippen LogP contribution >= 0.6 is 0 Å². The quantitative estimate of drug-likeness (QED) is 0.375. The number of carbonyl (C=O) groups excluding carboxylic acids is 1. The van der Waals surface area contributed by atoms with Gasteiger partial charge in [-0.25, -0.2) is 4.79 Å². The van der Waals surface area contributed by atoms with Crippen molar-refractivity contribution >= 4 is 5.97 Å². The Hall–Kier alpha value is -0.690. The zero-order valence-corrected chi connectivity index (χ0v) is 6.08. The van der Waals surface area contributed by atoms with Crippen molar-refractivity contribution in [3.8, 4) is 0 Å². The number of cyclic esters (lactones) is 1. The van der Waals surface area contributed by atoms with Crippen LogP contribution in [0, 0.1) is 0 Å². The van der Waals surface area contributed by atoms with E-state index in [1.165, 1.54) is 0 Å². The van der Waals surface area contributed by atoms with Gasteiger partial charge in [0.1, 0.15) is 18.3 Å². The molecule has 0 aromatic carbocycles. The van der Waals surface area contributed by atoms with Crippen LogP contribution < -0.4 is 5.11 Å². The zero-order chi connectivity index (χ0) is 9.30. The molecular formula is C6H9O6-. The maximum absolute atomic E-state index is 10.9. The Morgan fingerprint density at radius 3 is 2.58 bits per heavy atom. The molecule has 3 N–H and O–H groups in total. The molecule has 0 aromatic rings. The fourth-order valence-electron chi connectivity index (χ4n) is 0.986. The van der Waals surface area contributed by atoms with Crippen molar-refractivity contribution in [2.75, 3.05) is 6.61 Å². The summed E-state index contributed by atoms with van der Waals surface area (Å²) in [6, 6.07) is 0. The van der Waals surface area contributed by atoms with E-state index in [4.69, 9.17) is 15.3 Å². The lowest BCUT2D eigenvalue weighted by Gasteiger charge is -2.26. The third-order valence-electron chi connectivity index (χ3n) is 1.70. The number of aliphatic hydroxyl groups is 3. The van der Waals surface area contributed by atoms with Crippen molar-refractivity contribution in [1.82, 2.24) is 0 Å². The highest BCUT2D eigenvalue weighted by molar-refractivity contribution is 5.77. The van der Waals surface area contributed by atoms with Crippen molar-refractivity contribution < 1.29 is 30.0 Å². The molecule has 70 valence electrons. The fraction of sp³-hybridized carbons (Fsp3) is 0.833. The smallest absolute Gasteiger partial charge is 0.334 e. The standard InChI is InChI=1S/C6H9O6/c7-1-2(8)5-3(9)4(10)6(11)12-5/h2-5,7-8,10H,1H2/q-1/t2-,3?,4?,5+/m0/s1. The number of hydrogen-bond acceptors (Lipinski definition) is 6. The molecule has 0 bridgehead atoms. The summed E-state index contributed by atoms with van der Waals surface area (Å²) in [5.74, 6) is -1.05. The third-order valence-corrected chi connectivity index (χ3v) is 1.70. The highest BCUT2D eigenvalue weighted by Gasteiger charge is 2.39. The molecule has 6 heteroatoms. The predicted octanol–water partition coefficient (Wildman–Crippen LogP) is -3.65. The summed E-state index contributed by atoms with van der Waals surface area (Å²) in [4.78, 5) is 10.6. The molecule has 1 rings (SSSR count). The summed E-state index contributed by atoms with van der Waals surface area (Å²) in [6.07, 6.45) is -6.23. The van der Waals surface area contributed by atoms with Gasteiger partial charge in [-0.15, -0.1) is 0 Å². The van der Waals surface area contributed by atoms with Crippen LogP contribution in [0.4, 0.5) is 0 Å². The second-order valence-electron chi connectivity index (χ2n) is 2.56. The van der Waals surface area contributed by atoms with Crippen LogP contribution in [0.2, 0.25) is 0 Å². The summed E-state index contributed by atoms with van der Waals surface area (Å²) < 4.78 is 4.33. The monoisotopic (exact) mass is 177 g/mol. The van der Waals surface area contributed by atoms with Crippen LogP contribution in [0.25, 0.3) is 0 Å². The van der Waals surface area contributed by atoms with Gasteiger partial charge in [0.2, 0.25) is 0 Å². The Labute approximate surface area is 68.0 Å². The predicted molar refractivity (Wildman–Crippen MR) is 32.8 cm³/mol. The molecule has 2 unspecified atom stereocenters. The lowest BCUT2D eigenvalue weighted by Crippen LogP contribution is -2.48. The molecule has 0 aromatic heterocycles. The largest absolute Gasteiger partial charge is 0.847 e. The molecule has 0 amide bonds. The minimum Gasteiger partial charge on any atom is -0.847 e. The molecule has 0 saturated carbocycles. The van der Waals surface area contributed by atoms with Crippen molar-refractivity contribution in [3.05, 3.63) is 0 Å². The Morgan fingerprint density at radius 2 is 2.25 bits per heavy atom. The number of ether oxygens (including phenoxy) is 1. The lowest BCUT2D eigenvalue weighted by molar-refractivity contribution is -0.443. The van der Waals surface area contributed by atoms with Crippen molar-refractivity contribution in [3.63, 3.8) is 0 Å². The molecule has 0 spiro atoms. The Morgan fingerprint density at radius 1 is 1.67 bits per heavy atom. The second-order valence-corrected chi connectivity index (χ2v) is 2.56. The molecule has 1 aliphatic rings. The van der Waals surface area contributed by atoms with Gasteiger partial charge in [0.25, 0.3) is 0 Å². The van der Waals surface area contributed by atoms with Crippen LogP contribution in [0.15, 0.2) is 0 Å². The topological polar surface area (TPSA) is 110 Å². The van der Waals surface area contributed by atoms with Crippen LogP contribution in [-0.4, -0.2) is 52.3 Å². The first-order chi connectivity index (χ1) is 5.57. The van der Waals surface area contributed by atoms with Gasteiger partial charge in [-0.05, 0) is 6.10 Å². The van der Waals surface area contributed by atoms with E-state index in [0.717, 1.165) is 0 Å². The van der Waals surface area contributed by atoms with Crippen molar-refractivity contribution in [1.29, 1.82) is 0 Å². The van der Waals surface area contributed by atoms with E-state index in [-0.39, 0.29) is 0 Å². The molecule has 1 aliphatic heterocycles. The highest BCUT2D eigenvalue weighted by Crippen LogP contribution is 2.16. The first-order valence-corrected chi connectivity index (χ1v) is 3.41. The van der Waals surface area contributed by atoms with Gasteiger partial charge in [-0.1, -0.05) is 0 Å². The second kappa shape index (κ2) is 3.36. The maximum atomic E-state index is 10.9. The van der Waals surface area contributed by atoms with Crippen LogP contribution in [0.1, 0.15) is 0 Å². The third kappa shape index (κ3) is 1.42. The minimum absolute atomic E-state index is 0.677. The van der Waals surface area contributed by atoms with Crippen LogP contribution in [0.5, 0.6) is 0 Å². The molecule has 1 fully saturated rings. The Kier molecular flexibility index (Phi) is 2.63. The van der Waals surface area contributed by atoms with E-state index in [1.807, 2.05) is 0 Å². The van der Waals surface area contributed by atoms with E-state index >= 15 is 0 Å². The number of esters is 1. The summed E-state index contributed by atoms with van der Waals surface area (Å²) in [7, 11) is 0. The molecule has 0 radical (unpaired) electrons. The molecular weight excluding hydrogens is 168 g/mol. The number of hydrogen-bond donors (Lipinski definition) is 3. The fourth-order valence-corrected chi connectivity index (χ4v) is 0.986. The van der Waals surface area contributed by atoms with Gasteiger partial charge in [-0.2, -0.15) is 0 Å². The summed E-state index contributed by atoms with van der Waals surface area (Å²) in [5, 5.41) is 37.1. The van der Waals surface area contributed by atoms with Crippen molar-refractivity contribution in [2.45, 2.75) is 24.4 Å². The molecule has 6 nitrogen and oxygen atoms in total. The van der Waals surface area contributed by atoms with E-state index in [9.17, 15) is 9.90 Å². The van der Waals surface area contributed by atoms with E-state index in [2.05, 4.69) is 4.74 Å². The molecule has 12 heavy (non-hydrogen) atoms. The zero-order valence-electron chi connectivity index (χ0n) is 6.08. The van der Waals surface area contributed by atoms with Crippen molar-refractivity contribution in [2.24, 2.45) is 0 Å². The minimum atomic E-state index is -1.74. The normalized spacial score (nSPS) is 38.0. The van der Waals surface area contributed by atoms with Gasteiger partial charge in [0.15, 0.2) is 0 Å². The number of carbonyl (C=O) groups is 1. The van der Waals surface area contributed by atoms with E-state index in [0.29, 0.717) is 0 Å². The van der Waals surface area contributed by atoms with Gasteiger partial charge in [-0.3, -0.25) is 0 Å². The molecule has 1 heterocycles. The molecule has 4 atom stereocenters. The summed E-state index contributed by atoms with van der Waals surface area (Å²) in [6.45, 7) is -0.677. The van der Waals surface area contributed by atoms with E-state index < -0.39 is 37.0 Å². The molecule has 0 aliphatic carbocycles. The number of rotatable bonds is 2. The van der Waals surface area contributed by atoms with E-state index in [1.54, 1.807) is 0 Å². The van der Waals surface area contributed by atoms with Crippen LogP contribution in [-0.2, 0) is 9.53 Å². The summed E-state index contributed by atoms with van der Waals surface area (Å²) in [5.41, 5.74) is 0.